The third-order valence-corrected chi connectivity index (χ3v) is 4.29. The predicted molar refractivity (Wildman–Crippen MR) is 99.7 cm³/mol. The zero-order valence-electron chi connectivity index (χ0n) is 14.9. The molecule has 0 spiro atoms. The minimum atomic E-state index is -0.0896. The van der Waals surface area contributed by atoms with Crippen molar-refractivity contribution in [1.29, 1.82) is 0 Å². The Kier molecular flexibility index (Phi) is 20.9. The van der Waals surface area contributed by atoms with Crippen molar-refractivity contribution in [2.24, 2.45) is 0 Å². The van der Waals surface area contributed by atoms with Crippen LogP contribution in [0.4, 0.5) is 0 Å². The van der Waals surface area contributed by atoms with Crippen molar-refractivity contribution in [3.05, 3.63) is 0 Å². The van der Waals surface area contributed by atoms with Crippen molar-refractivity contribution < 1.29 is 14.6 Å². The van der Waals surface area contributed by atoms with E-state index in [0.29, 0.717) is 6.42 Å². The number of hydrogen-bond acceptors (Lipinski definition) is 3. The van der Waals surface area contributed by atoms with Gasteiger partial charge in [0.25, 0.3) is 0 Å². The molecule has 1 N–H and O–H groups in total. The van der Waals surface area contributed by atoms with Crippen molar-refractivity contribution in [2.75, 3.05) is 7.11 Å². The fourth-order valence-corrected chi connectivity index (χ4v) is 2.76. The Morgan fingerprint density at radius 3 is 1.74 bits per heavy atom. The highest BCUT2D eigenvalue weighted by molar-refractivity contribution is 5.68. The molecular weight excluding hydrogens is 288 g/mol. The summed E-state index contributed by atoms with van der Waals surface area (Å²) in [6, 6.07) is 0. The molecule has 0 fully saturated rings. The molecule has 0 saturated heterocycles. The lowest BCUT2D eigenvalue weighted by Crippen LogP contribution is -2.05. The van der Waals surface area contributed by atoms with Crippen molar-refractivity contribution in [3.8, 4) is 0 Å². The molecule has 0 amide bonds. The Bertz CT molecular complexity index is 241. The molecule has 0 aliphatic carbocycles. The van der Waals surface area contributed by atoms with Gasteiger partial charge in [0, 0.05) is 6.42 Å². The first-order valence-electron chi connectivity index (χ1n) is 9.45. The molecule has 23 heavy (non-hydrogen) atoms. The molecule has 0 aliphatic heterocycles. The molecule has 0 heterocycles. The number of rotatable bonds is 16. The summed E-state index contributed by atoms with van der Waals surface area (Å²) in [5.74, 6) is -0.0896. The Balaban J connectivity index is 0. The van der Waals surface area contributed by atoms with Crippen LogP contribution < -0.4 is 0 Å². The van der Waals surface area contributed by atoms with Crippen molar-refractivity contribution in [1.82, 2.24) is 0 Å². The predicted octanol–water partition coefficient (Wildman–Crippen LogP) is 6.03. The summed E-state index contributed by atoms with van der Waals surface area (Å²) in [5, 5.41) is 9.88. The molecule has 1 unspecified atom stereocenters. The second kappa shape index (κ2) is 19.5. The number of hydrogen-bond donors (Lipinski definition) is 1. The molecule has 140 valence electrons. The third kappa shape index (κ3) is 19.4. The van der Waals surface area contributed by atoms with Gasteiger partial charge in [0.1, 0.15) is 0 Å². The van der Waals surface area contributed by atoms with Crippen LogP contribution in [0.3, 0.4) is 0 Å². The largest absolute Gasteiger partial charge is 0.469 e. The lowest BCUT2D eigenvalue weighted by Gasteiger charge is -2.10. The highest BCUT2D eigenvalue weighted by Crippen LogP contribution is 2.14. The molecule has 0 radical (unpaired) electrons. The number of unbranched alkanes of at least 4 members (excludes halogenated alkanes) is 10. The van der Waals surface area contributed by atoms with Gasteiger partial charge in [-0.3, -0.25) is 4.79 Å². The van der Waals surface area contributed by atoms with Crippen molar-refractivity contribution in [2.45, 2.75) is 117 Å². The molecule has 3 nitrogen and oxygen atoms in total. The topological polar surface area (TPSA) is 46.5 Å². The molecule has 0 aliphatic rings. The second-order valence-electron chi connectivity index (χ2n) is 6.45. The molecule has 3 heteroatoms. The maximum absolute atomic E-state index is 10.9. The van der Waals surface area contributed by atoms with Gasteiger partial charge in [-0.15, -0.1) is 0 Å². The lowest BCUT2D eigenvalue weighted by molar-refractivity contribution is -0.140. The minimum absolute atomic E-state index is 0. The Morgan fingerprint density at radius 2 is 1.26 bits per heavy atom. The van der Waals surface area contributed by atoms with E-state index in [1.807, 2.05) is 0 Å². The van der Waals surface area contributed by atoms with Gasteiger partial charge in [0.15, 0.2) is 0 Å². The van der Waals surface area contributed by atoms with E-state index in [9.17, 15) is 9.90 Å². The molecule has 0 aromatic rings. The number of aliphatic hydroxyl groups excluding tert-OH is 1. The maximum atomic E-state index is 10.9. The molecule has 0 bridgehead atoms. The summed E-state index contributed by atoms with van der Waals surface area (Å²) in [5.41, 5.74) is 0. The van der Waals surface area contributed by atoms with Gasteiger partial charge in [-0.05, 0) is 19.3 Å². The summed E-state index contributed by atoms with van der Waals surface area (Å²) in [7, 11) is 1.45. The van der Waals surface area contributed by atoms with Crippen LogP contribution in [0, 0.1) is 0 Å². The first-order valence-corrected chi connectivity index (χ1v) is 9.45. The number of carbonyl (C=O) groups is 1. The van der Waals surface area contributed by atoms with Gasteiger partial charge in [0.2, 0.25) is 0 Å². The Morgan fingerprint density at radius 1 is 0.826 bits per heavy atom. The van der Waals surface area contributed by atoms with Crippen molar-refractivity contribution >= 4 is 5.97 Å². The number of ether oxygens (including phenoxy) is 1. The van der Waals surface area contributed by atoms with Crippen LogP contribution in [-0.4, -0.2) is 24.3 Å². The van der Waals surface area contributed by atoms with Crippen LogP contribution in [0.25, 0.3) is 0 Å². The summed E-state index contributed by atoms with van der Waals surface area (Å²) in [4.78, 5) is 10.9. The Labute approximate surface area is 145 Å². The highest BCUT2D eigenvalue weighted by Gasteiger charge is 2.03. The van der Waals surface area contributed by atoms with Crippen LogP contribution >= 0.6 is 0 Å². The van der Waals surface area contributed by atoms with E-state index in [4.69, 9.17) is 0 Å². The quantitative estimate of drug-likeness (QED) is 0.278. The fraction of sp³-hybridized carbons (Fsp3) is 0.950. The van der Waals surface area contributed by atoms with Gasteiger partial charge in [0.05, 0.1) is 13.2 Å². The van der Waals surface area contributed by atoms with Gasteiger partial charge < -0.3 is 9.84 Å². The zero-order chi connectivity index (χ0) is 16.5. The van der Waals surface area contributed by atoms with Gasteiger partial charge in [-0.1, -0.05) is 85.0 Å². The summed E-state index contributed by atoms with van der Waals surface area (Å²) in [6.45, 7) is 2.22. The van der Waals surface area contributed by atoms with E-state index in [-0.39, 0.29) is 19.5 Å². The van der Waals surface area contributed by atoms with E-state index < -0.39 is 0 Å². The first-order chi connectivity index (χ1) is 10.7. The van der Waals surface area contributed by atoms with Crippen LogP contribution in [0.15, 0.2) is 0 Å². The van der Waals surface area contributed by atoms with E-state index in [2.05, 4.69) is 11.7 Å². The third-order valence-electron chi connectivity index (χ3n) is 4.29. The number of carbonyl (C=O) groups excluding carboxylic acids is 1. The van der Waals surface area contributed by atoms with E-state index in [1.54, 1.807) is 0 Å². The average molecular weight is 331 g/mol. The van der Waals surface area contributed by atoms with Crippen molar-refractivity contribution in [3.63, 3.8) is 0 Å². The molecule has 0 aromatic heterocycles. The molecule has 0 rings (SSSR count). The molecule has 0 aromatic carbocycles. The summed E-state index contributed by atoms with van der Waals surface area (Å²) < 4.78 is 4.62. The summed E-state index contributed by atoms with van der Waals surface area (Å²) >= 11 is 0. The van der Waals surface area contributed by atoms with E-state index in [0.717, 1.165) is 32.1 Å². The highest BCUT2D eigenvalue weighted by atomic mass is 16.5. The smallest absolute Gasteiger partial charge is 0.305 e. The number of esters is 1. The number of aliphatic hydroxyl groups is 1. The van der Waals surface area contributed by atoms with Crippen LogP contribution in [0.5, 0.6) is 0 Å². The number of methoxy groups -OCH3 is 1. The molecular formula is C20H42O3. The van der Waals surface area contributed by atoms with Crippen LogP contribution in [-0.2, 0) is 9.53 Å². The standard InChI is InChI=1S/C19H38O3.CH4/c1-3-4-5-12-15-18(20)16-13-10-8-6-7-9-11-14-17-19(21)22-2;/h18,20H,3-17H2,1-2H3;1H4. The van der Waals surface area contributed by atoms with E-state index >= 15 is 0 Å². The van der Waals surface area contributed by atoms with E-state index in [1.165, 1.54) is 64.9 Å². The second-order valence-corrected chi connectivity index (χ2v) is 6.45. The maximum Gasteiger partial charge on any atom is 0.305 e. The Hall–Kier alpha value is -0.570. The van der Waals surface area contributed by atoms with Crippen LogP contribution in [0.1, 0.15) is 111 Å². The zero-order valence-corrected chi connectivity index (χ0v) is 14.9. The van der Waals surface area contributed by atoms with Gasteiger partial charge in [-0.2, -0.15) is 0 Å². The molecule has 0 saturated carbocycles. The molecule has 1 atom stereocenters. The van der Waals surface area contributed by atoms with Gasteiger partial charge in [-0.25, -0.2) is 0 Å². The monoisotopic (exact) mass is 330 g/mol. The average Bonchev–Trinajstić information content (AvgIpc) is 2.53. The minimum Gasteiger partial charge on any atom is -0.469 e. The lowest BCUT2D eigenvalue weighted by atomic mass is 10.0. The first kappa shape index (κ1) is 24.7. The van der Waals surface area contributed by atoms with Crippen LogP contribution in [0.2, 0.25) is 0 Å². The van der Waals surface area contributed by atoms with Gasteiger partial charge >= 0.3 is 5.97 Å². The fourth-order valence-electron chi connectivity index (χ4n) is 2.76. The summed E-state index contributed by atoms with van der Waals surface area (Å²) in [6.07, 6.45) is 17.0. The normalized spacial score (nSPS) is 11.8. The SMILES string of the molecule is C.CCCCCCC(O)CCCCCCCCCCC(=O)OC.